The van der Waals surface area contributed by atoms with Crippen LogP contribution in [0.3, 0.4) is 0 Å². The fourth-order valence-corrected chi connectivity index (χ4v) is 3.44. The number of thiazole rings is 1. The zero-order valence-corrected chi connectivity index (χ0v) is 16.5. The summed E-state index contributed by atoms with van der Waals surface area (Å²) in [4.78, 5) is 33.1. The molecule has 142 valence electrons. The maximum atomic E-state index is 12.7. The van der Waals surface area contributed by atoms with Gasteiger partial charge in [0.15, 0.2) is 5.13 Å². The van der Waals surface area contributed by atoms with E-state index in [4.69, 9.17) is 4.52 Å². The predicted molar refractivity (Wildman–Crippen MR) is 103 cm³/mol. The molecule has 1 N–H and O–H groups in total. The van der Waals surface area contributed by atoms with Crippen molar-refractivity contribution in [1.82, 2.24) is 19.7 Å². The van der Waals surface area contributed by atoms with Gasteiger partial charge in [0.1, 0.15) is 0 Å². The van der Waals surface area contributed by atoms with E-state index in [-0.39, 0.29) is 36.2 Å². The van der Waals surface area contributed by atoms with Crippen LogP contribution >= 0.6 is 11.3 Å². The summed E-state index contributed by atoms with van der Waals surface area (Å²) in [5.41, 5.74) is 1.96. The van der Waals surface area contributed by atoms with Crippen LogP contribution in [0.25, 0.3) is 11.4 Å². The largest absolute Gasteiger partial charge is 0.339 e. The molecule has 0 aliphatic heterocycles. The second-order valence-corrected chi connectivity index (χ2v) is 7.37. The number of hydrogen-bond acceptors (Lipinski definition) is 7. The van der Waals surface area contributed by atoms with Crippen molar-refractivity contribution in [2.24, 2.45) is 0 Å². The Morgan fingerprint density at radius 2 is 2.07 bits per heavy atom. The first-order chi connectivity index (χ1) is 12.8. The molecular formula is C18H21N5O3S. The summed E-state index contributed by atoms with van der Waals surface area (Å²) >= 11 is 1.38. The molecule has 0 spiro atoms. The highest BCUT2D eigenvalue weighted by molar-refractivity contribution is 7.13. The molecule has 0 bridgehead atoms. The Hall–Kier alpha value is -2.81. The minimum atomic E-state index is -0.179. The smallest absolute Gasteiger partial charge is 0.262 e. The van der Waals surface area contributed by atoms with Gasteiger partial charge in [0.05, 0.1) is 11.3 Å². The minimum Gasteiger partial charge on any atom is -0.339 e. The molecule has 0 saturated carbocycles. The molecule has 3 heterocycles. The van der Waals surface area contributed by atoms with Crippen LogP contribution in [0.4, 0.5) is 5.13 Å². The number of aryl methyl sites for hydroxylation is 3. The van der Waals surface area contributed by atoms with Gasteiger partial charge in [0, 0.05) is 30.0 Å². The fourth-order valence-electron chi connectivity index (χ4n) is 2.74. The standard InChI is InChI=1S/C18H21N5O3S/c1-10(2)23-12(4)5-6-13(17(23)25)16-21-15(26-22-16)8-7-14(24)20-18-19-11(3)9-27-18/h5-6,9-10H,7-8H2,1-4H3,(H,19,20,24). The van der Waals surface area contributed by atoms with Crippen molar-refractivity contribution in [2.45, 2.75) is 46.6 Å². The molecule has 8 nitrogen and oxygen atoms in total. The van der Waals surface area contributed by atoms with Gasteiger partial charge in [-0.25, -0.2) is 4.98 Å². The number of amides is 1. The Balaban J connectivity index is 1.69. The average molecular weight is 387 g/mol. The van der Waals surface area contributed by atoms with Crippen molar-refractivity contribution >= 4 is 22.4 Å². The number of pyridine rings is 1. The maximum Gasteiger partial charge on any atom is 0.262 e. The molecule has 0 aromatic carbocycles. The fraction of sp³-hybridized carbons (Fsp3) is 0.389. The van der Waals surface area contributed by atoms with E-state index in [2.05, 4.69) is 20.4 Å². The molecular weight excluding hydrogens is 366 g/mol. The second kappa shape index (κ2) is 7.83. The molecule has 27 heavy (non-hydrogen) atoms. The number of nitrogens with one attached hydrogen (secondary N) is 1. The van der Waals surface area contributed by atoms with Gasteiger partial charge in [-0.05, 0) is 39.8 Å². The SMILES string of the molecule is Cc1csc(NC(=O)CCc2nc(-c3ccc(C)n(C(C)C)c3=O)no2)n1. The summed E-state index contributed by atoms with van der Waals surface area (Å²) in [6.45, 7) is 7.64. The molecule has 0 aliphatic carbocycles. The highest BCUT2D eigenvalue weighted by atomic mass is 32.1. The Kier molecular flexibility index (Phi) is 5.50. The summed E-state index contributed by atoms with van der Waals surface area (Å²) in [6, 6.07) is 3.58. The lowest BCUT2D eigenvalue weighted by Crippen LogP contribution is -2.25. The van der Waals surface area contributed by atoms with Gasteiger partial charge >= 0.3 is 0 Å². The summed E-state index contributed by atoms with van der Waals surface area (Å²) in [5.74, 6) is 0.369. The summed E-state index contributed by atoms with van der Waals surface area (Å²) in [6.07, 6.45) is 0.470. The molecule has 0 unspecified atom stereocenters. The molecule has 0 atom stereocenters. The number of carbonyl (C=O) groups is 1. The molecule has 3 rings (SSSR count). The molecule has 0 saturated heterocycles. The molecule has 3 aromatic rings. The van der Waals surface area contributed by atoms with E-state index in [1.807, 2.05) is 39.1 Å². The Morgan fingerprint density at radius 3 is 2.74 bits per heavy atom. The number of anilines is 1. The monoisotopic (exact) mass is 387 g/mol. The van der Waals surface area contributed by atoms with Crippen LogP contribution in [0.2, 0.25) is 0 Å². The molecule has 0 aliphatic rings. The third kappa shape index (κ3) is 4.30. The summed E-state index contributed by atoms with van der Waals surface area (Å²) in [5, 5.41) is 9.07. The van der Waals surface area contributed by atoms with Crippen molar-refractivity contribution in [3.63, 3.8) is 0 Å². The van der Waals surface area contributed by atoms with E-state index in [1.165, 1.54) is 11.3 Å². The predicted octanol–water partition coefficient (Wildman–Crippen LogP) is 3.12. The van der Waals surface area contributed by atoms with Crippen molar-refractivity contribution in [3.05, 3.63) is 45.1 Å². The van der Waals surface area contributed by atoms with Crippen molar-refractivity contribution < 1.29 is 9.32 Å². The van der Waals surface area contributed by atoms with E-state index in [0.29, 0.717) is 16.6 Å². The summed E-state index contributed by atoms with van der Waals surface area (Å²) in [7, 11) is 0. The van der Waals surface area contributed by atoms with E-state index in [9.17, 15) is 9.59 Å². The zero-order valence-electron chi connectivity index (χ0n) is 15.6. The van der Waals surface area contributed by atoms with Gasteiger partial charge in [-0.2, -0.15) is 4.98 Å². The van der Waals surface area contributed by atoms with Crippen molar-refractivity contribution in [2.75, 3.05) is 5.32 Å². The normalized spacial score (nSPS) is 11.1. The number of carbonyl (C=O) groups excluding carboxylic acids is 1. The van der Waals surface area contributed by atoms with Crippen LogP contribution in [0.5, 0.6) is 0 Å². The lowest BCUT2D eigenvalue weighted by Gasteiger charge is -2.14. The van der Waals surface area contributed by atoms with Crippen molar-refractivity contribution in [3.8, 4) is 11.4 Å². The van der Waals surface area contributed by atoms with E-state index >= 15 is 0 Å². The van der Waals surface area contributed by atoms with Gasteiger partial charge in [0.2, 0.25) is 17.6 Å². The lowest BCUT2D eigenvalue weighted by atomic mass is 10.2. The van der Waals surface area contributed by atoms with Gasteiger partial charge in [-0.3, -0.25) is 9.59 Å². The molecule has 0 fully saturated rings. The Bertz CT molecular complexity index is 1020. The number of aromatic nitrogens is 4. The van der Waals surface area contributed by atoms with Gasteiger partial charge < -0.3 is 14.4 Å². The number of nitrogens with zero attached hydrogens (tertiary/aromatic N) is 4. The second-order valence-electron chi connectivity index (χ2n) is 6.51. The van der Waals surface area contributed by atoms with Crippen LogP contribution in [-0.4, -0.2) is 25.6 Å². The Labute approximate surface area is 160 Å². The van der Waals surface area contributed by atoms with Crippen LogP contribution < -0.4 is 10.9 Å². The first kappa shape index (κ1) is 19.0. The van der Waals surface area contributed by atoms with Crippen LogP contribution in [0, 0.1) is 13.8 Å². The van der Waals surface area contributed by atoms with Gasteiger partial charge in [-0.1, -0.05) is 5.16 Å². The van der Waals surface area contributed by atoms with E-state index < -0.39 is 0 Å². The third-order valence-corrected chi connectivity index (χ3v) is 4.85. The third-order valence-electron chi connectivity index (χ3n) is 3.98. The average Bonchev–Trinajstić information content (AvgIpc) is 3.22. The summed E-state index contributed by atoms with van der Waals surface area (Å²) < 4.78 is 6.90. The number of hydrogen-bond donors (Lipinski definition) is 1. The highest BCUT2D eigenvalue weighted by Crippen LogP contribution is 2.17. The zero-order chi connectivity index (χ0) is 19.6. The lowest BCUT2D eigenvalue weighted by molar-refractivity contribution is -0.116. The van der Waals surface area contributed by atoms with E-state index in [0.717, 1.165) is 11.4 Å². The number of rotatable bonds is 6. The van der Waals surface area contributed by atoms with E-state index in [1.54, 1.807) is 10.6 Å². The highest BCUT2D eigenvalue weighted by Gasteiger charge is 2.16. The molecule has 3 aromatic heterocycles. The first-order valence-corrected chi connectivity index (χ1v) is 9.50. The Morgan fingerprint density at radius 1 is 1.30 bits per heavy atom. The molecule has 0 radical (unpaired) electrons. The maximum absolute atomic E-state index is 12.7. The van der Waals surface area contributed by atoms with Gasteiger partial charge in [0.25, 0.3) is 5.56 Å². The van der Waals surface area contributed by atoms with Crippen LogP contribution in [0.1, 0.15) is 43.6 Å². The molecule has 9 heteroatoms. The van der Waals surface area contributed by atoms with Crippen LogP contribution in [0.15, 0.2) is 26.8 Å². The topological polar surface area (TPSA) is 103 Å². The molecule has 1 amide bonds. The van der Waals surface area contributed by atoms with Gasteiger partial charge in [-0.15, -0.1) is 11.3 Å². The minimum absolute atomic E-state index is 0.0296. The quantitative estimate of drug-likeness (QED) is 0.697. The van der Waals surface area contributed by atoms with Crippen LogP contribution in [-0.2, 0) is 11.2 Å². The first-order valence-electron chi connectivity index (χ1n) is 8.62. The van der Waals surface area contributed by atoms with Crippen molar-refractivity contribution in [1.29, 1.82) is 0 Å².